The second kappa shape index (κ2) is 5.43. The maximum atomic E-state index is 13.5. The van der Waals surface area contributed by atoms with E-state index in [9.17, 15) is 13.6 Å². The van der Waals surface area contributed by atoms with E-state index in [1.807, 2.05) is 0 Å². The topological polar surface area (TPSA) is 60.7 Å². The lowest BCUT2D eigenvalue weighted by atomic mass is 10.1. The zero-order chi connectivity index (χ0) is 14.0. The normalized spacial score (nSPS) is 12.4. The Morgan fingerprint density at radius 3 is 2.79 bits per heavy atom. The van der Waals surface area contributed by atoms with Crippen molar-refractivity contribution in [3.8, 4) is 0 Å². The third kappa shape index (κ3) is 2.95. The largest absolute Gasteiger partial charge is 0.293 e. The van der Waals surface area contributed by atoms with E-state index in [4.69, 9.17) is 0 Å². The minimum atomic E-state index is -0.741. The van der Waals surface area contributed by atoms with E-state index in [0.717, 1.165) is 30.0 Å². The van der Waals surface area contributed by atoms with Crippen LogP contribution in [-0.2, 0) is 7.05 Å². The Morgan fingerprint density at radius 2 is 2.16 bits per heavy atom. The number of carbonyl (C=O) groups excluding carboxylic acids is 1. The molecule has 8 heteroatoms. The molecule has 1 heterocycles. The quantitative estimate of drug-likeness (QED) is 0.633. The molecular weight excluding hydrogens is 274 g/mol. The van der Waals surface area contributed by atoms with Gasteiger partial charge in [0.25, 0.3) is 0 Å². The Kier molecular flexibility index (Phi) is 3.89. The minimum Gasteiger partial charge on any atom is -0.293 e. The van der Waals surface area contributed by atoms with Crippen LogP contribution >= 0.6 is 11.8 Å². The predicted molar refractivity (Wildman–Crippen MR) is 64.8 cm³/mol. The van der Waals surface area contributed by atoms with Gasteiger partial charge in [-0.1, -0.05) is 11.8 Å². The molecule has 0 fully saturated rings. The van der Waals surface area contributed by atoms with Crippen LogP contribution < -0.4 is 0 Å². The number of benzene rings is 1. The number of ketones is 1. The van der Waals surface area contributed by atoms with Gasteiger partial charge in [0, 0.05) is 7.05 Å². The third-order valence-corrected chi connectivity index (χ3v) is 3.55. The van der Waals surface area contributed by atoms with E-state index < -0.39 is 22.7 Å². The molecule has 0 spiro atoms. The summed E-state index contributed by atoms with van der Waals surface area (Å²) < 4.78 is 27.9. The molecule has 0 radical (unpaired) electrons. The Labute approximate surface area is 112 Å². The Morgan fingerprint density at radius 1 is 1.42 bits per heavy atom. The molecule has 2 aromatic rings. The number of hydrogen-bond acceptors (Lipinski definition) is 5. The molecule has 0 unspecified atom stereocenters. The van der Waals surface area contributed by atoms with Gasteiger partial charge in [-0.25, -0.2) is 13.5 Å². The van der Waals surface area contributed by atoms with Crippen molar-refractivity contribution in [3.05, 3.63) is 35.4 Å². The number of aryl methyl sites for hydroxylation is 1. The van der Waals surface area contributed by atoms with Gasteiger partial charge >= 0.3 is 0 Å². The maximum Gasteiger partial charge on any atom is 0.209 e. The molecule has 0 saturated heterocycles. The van der Waals surface area contributed by atoms with Gasteiger partial charge in [-0.15, -0.1) is 5.10 Å². The summed E-state index contributed by atoms with van der Waals surface area (Å²) in [5.74, 6) is -1.90. The molecule has 0 aliphatic heterocycles. The van der Waals surface area contributed by atoms with Crippen LogP contribution in [0.4, 0.5) is 8.78 Å². The van der Waals surface area contributed by atoms with Crippen molar-refractivity contribution in [1.29, 1.82) is 0 Å². The molecule has 5 nitrogen and oxygen atoms in total. The average Bonchev–Trinajstić information content (AvgIpc) is 2.77. The van der Waals surface area contributed by atoms with E-state index in [1.54, 1.807) is 14.0 Å². The summed E-state index contributed by atoms with van der Waals surface area (Å²) in [7, 11) is 1.63. The second-order valence-electron chi connectivity index (χ2n) is 3.83. The lowest BCUT2D eigenvalue weighted by Gasteiger charge is -2.09. The van der Waals surface area contributed by atoms with Gasteiger partial charge in [-0.2, -0.15) is 0 Å². The van der Waals surface area contributed by atoms with E-state index in [1.165, 1.54) is 4.68 Å². The highest BCUT2D eigenvalue weighted by Gasteiger charge is 2.22. The van der Waals surface area contributed by atoms with Gasteiger partial charge < -0.3 is 0 Å². The summed E-state index contributed by atoms with van der Waals surface area (Å²) in [5, 5.41) is 10.6. The van der Waals surface area contributed by atoms with Crippen molar-refractivity contribution in [2.45, 2.75) is 17.3 Å². The van der Waals surface area contributed by atoms with E-state index in [2.05, 4.69) is 15.5 Å². The molecule has 0 aliphatic carbocycles. The van der Waals surface area contributed by atoms with Crippen molar-refractivity contribution in [2.24, 2.45) is 7.05 Å². The van der Waals surface area contributed by atoms with Crippen molar-refractivity contribution in [3.63, 3.8) is 0 Å². The number of carbonyl (C=O) groups is 1. The highest BCUT2D eigenvalue weighted by atomic mass is 32.2. The summed E-state index contributed by atoms with van der Waals surface area (Å²) in [4.78, 5) is 12.0. The summed E-state index contributed by atoms with van der Waals surface area (Å²) in [6.45, 7) is 1.59. The van der Waals surface area contributed by atoms with Crippen molar-refractivity contribution >= 4 is 17.5 Å². The molecule has 0 bridgehead atoms. The van der Waals surface area contributed by atoms with Crippen molar-refractivity contribution in [1.82, 2.24) is 20.2 Å². The molecule has 19 heavy (non-hydrogen) atoms. The Balaban J connectivity index is 2.19. The molecule has 100 valence electrons. The van der Waals surface area contributed by atoms with Crippen molar-refractivity contribution in [2.75, 3.05) is 0 Å². The number of Topliss-reactive ketones (excluding diaryl/α,β-unsaturated/α-hetero) is 1. The van der Waals surface area contributed by atoms with Crippen LogP contribution in [0.2, 0.25) is 0 Å². The molecule has 0 saturated carbocycles. The molecule has 0 amide bonds. The Bertz CT molecular complexity index is 616. The molecular formula is C11H10F2N4OS. The van der Waals surface area contributed by atoms with Gasteiger partial charge in [0.05, 0.1) is 10.8 Å². The predicted octanol–water partition coefficient (Wildman–Crippen LogP) is 1.85. The number of aromatic nitrogens is 4. The van der Waals surface area contributed by atoms with Gasteiger partial charge in [0.15, 0.2) is 5.78 Å². The summed E-state index contributed by atoms with van der Waals surface area (Å²) in [6, 6.07) is 2.80. The number of thioether (sulfide) groups is 1. The Hall–Kier alpha value is -1.83. The lowest BCUT2D eigenvalue weighted by Crippen LogP contribution is -2.16. The number of halogens is 2. The first-order valence-electron chi connectivity index (χ1n) is 5.37. The van der Waals surface area contributed by atoms with Gasteiger partial charge in [-0.3, -0.25) is 4.79 Å². The van der Waals surface area contributed by atoms with E-state index in [-0.39, 0.29) is 5.56 Å². The van der Waals surface area contributed by atoms with E-state index in [0.29, 0.717) is 5.16 Å². The minimum absolute atomic E-state index is 0.268. The molecule has 1 aromatic heterocycles. The zero-order valence-corrected chi connectivity index (χ0v) is 11.0. The first kappa shape index (κ1) is 13.6. The van der Waals surface area contributed by atoms with Crippen LogP contribution in [0, 0.1) is 11.6 Å². The lowest BCUT2D eigenvalue weighted by molar-refractivity contribution is 0.0989. The fourth-order valence-corrected chi connectivity index (χ4v) is 2.26. The number of nitrogens with zero attached hydrogens (tertiary/aromatic N) is 4. The molecule has 2 rings (SSSR count). The molecule has 1 aromatic carbocycles. The summed E-state index contributed by atoms with van der Waals surface area (Å²) >= 11 is 1.08. The third-order valence-electron chi connectivity index (χ3n) is 2.43. The monoisotopic (exact) mass is 284 g/mol. The average molecular weight is 284 g/mol. The standard InChI is InChI=1S/C11H10F2N4OS/c1-6(19-11-14-15-16-17(11)2)10(18)8-5-7(12)3-4-9(8)13/h3-6H,1-2H3/t6-/m1/s1. The van der Waals surface area contributed by atoms with Crippen LogP contribution in [-0.4, -0.2) is 31.2 Å². The van der Waals surface area contributed by atoms with Crippen LogP contribution in [0.1, 0.15) is 17.3 Å². The second-order valence-corrected chi connectivity index (χ2v) is 5.14. The van der Waals surface area contributed by atoms with Crippen LogP contribution in [0.15, 0.2) is 23.4 Å². The number of hydrogen-bond donors (Lipinski definition) is 0. The van der Waals surface area contributed by atoms with Crippen LogP contribution in [0.5, 0.6) is 0 Å². The van der Waals surface area contributed by atoms with Gasteiger partial charge in [0.1, 0.15) is 11.6 Å². The fraction of sp³-hybridized carbons (Fsp3) is 0.273. The zero-order valence-electron chi connectivity index (χ0n) is 10.2. The highest BCUT2D eigenvalue weighted by molar-refractivity contribution is 8.00. The van der Waals surface area contributed by atoms with Crippen LogP contribution in [0.25, 0.3) is 0 Å². The van der Waals surface area contributed by atoms with Crippen LogP contribution in [0.3, 0.4) is 0 Å². The first-order valence-corrected chi connectivity index (χ1v) is 6.25. The molecule has 0 N–H and O–H groups in total. The van der Waals surface area contributed by atoms with Gasteiger partial charge in [-0.05, 0) is 35.5 Å². The maximum absolute atomic E-state index is 13.5. The van der Waals surface area contributed by atoms with Crippen molar-refractivity contribution < 1.29 is 13.6 Å². The summed E-state index contributed by atoms with van der Waals surface area (Å²) in [5.41, 5.74) is -0.268. The SMILES string of the molecule is C[C@@H](Sc1nnnn1C)C(=O)c1cc(F)ccc1F. The van der Waals surface area contributed by atoms with E-state index >= 15 is 0 Å². The highest BCUT2D eigenvalue weighted by Crippen LogP contribution is 2.24. The molecule has 1 atom stereocenters. The van der Waals surface area contributed by atoms with Gasteiger partial charge in [0.2, 0.25) is 5.16 Å². The number of rotatable bonds is 4. The number of tetrazole rings is 1. The first-order chi connectivity index (χ1) is 8.99. The summed E-state index contributed by atoms with van der Waals surface area (Å²) in [6.07, 6.45) is 0. The molecule has 0 aliphatic rings. The smallest absolute Gasteiger partial charge is 0.209 e. The fourth-order valence-electron chi connectivity index (χ4n) is 1.44.